The number of benzene rings is 2. The quantitative estimate of drug-likeness (QED) is 0.674. The third-order valence-electron chi connectivity index (χ3n) is 2.80. The zero-order valence-corrected chi connectivity index (χ0v) is 12.2. The molecule has 0 spiro atoms. The summed E-state index contributed by atoms with van der Waals surface area (Å²) in [6.07, 6.45) is 0. The standard InChI is InChI=1S/C16H9Cl2NO2/c17-12-5-1-3-10(7-12)15(14(9-19)16(20)21)11-4-2-6-13(18)8-11/h1-8H,(H,20,21). The van der Waals surface area contributed by atoms with E-state index in [1.165, 1.54) is 0 Å². The molecule has 21 heavy (non-hydrogen) atoms. The van der Waals surface area contributed by atoms with Crippen LogP contribution in [0, 0.1) is 11.3 Å². The minimum Gasteiger partial charge on any atom is -0.477 e. The van der Waals surface area contributed by atoms with Crippen molar-refractivity contribution in [2.45, 2.75) is 0 Å². The molecule has 3 nitrogen and oxygen atoms in total. The number of hydrogen-bond acceptors (Lipinski definition) is 2. The lowest BCUT2D eigenvalue weighted by Gasteiger charge is -2.10. The number of carboxylic acid groups (broad SMARTS) is 1. The van der Waals surface area contributed by atoms with E-state index in [0.717, 1.165) is 0 Å². The Morgan fingerprint density at radius 1 is 1.00 bits per heavy atom. The van der Waals surface area contributed by atoms with Crippen molar-refractivity contribution in [1.29, 1.82) is 5.26 Å². The Bertz CT molecular complexity index is 728. The molecule has 0 atom stereocenters. The van der Waals surface area contributed by atoms with Gasteiger partial charge >= 0.3 is 5.97 Å². The molecule has 2 aromatic carbocycles. The second-order valence-electron chi connectivity index (χ2n) is 4.19. The number of nitriles is 1. The Labute approximate surface area is 131 Å². The minimum atomic E-state index is -1.30. The van der Waals surface area contributed by atoms with Crippen LogP contribution in [-0.4, -0.2) is 11.1 Å². The van der Waals surface area contributed by atoms with Crippen LogP contribution in [-0.2, 0) is 4.79 Å². The highest BCUT2D eigenvalue weighted by Gasteiger charge is 2.18. The van der Waals surface area contributed by atoms with Crippen molar-refractivity contribution in [1.82, 2.24) is 0 Å². The van der Waals surface area contributed by atoms with Gasteiger partial charge in [0.2, 0.25) is 0 Å². The summed E-state index contributed by atoms with van der Waals surface area (Å²) in [4.78, 5) is 11.3. The highest BCUT2D eigenvalue weighted by Crippen LogP contribution is 2.30. The first-order valence-corrected chi connectivity index (χ1v) is 6.68. The van der Waals surface area contributed by atoms with Gasteiger partial charge in [-0.05, 0) is 35.4 Å². The molecule has 0 aliphatic heterocycles. The average Bonchev–Trinajstić information content (AvgIpc) is 2.44. The number of hydrogen-bond donors (Lipinski definition) is 1. The van der Waals surface area contributed by atoms with Crippen LogP contribution in [0.25, 0.3) is 5.57 Å². The van der Waals surface area contributed by atoms with Crippen LogP contribution < -0.4 is 0 Å². The van der Waals surface area contributed by atoms with Gasteiger partial charge in [0.25, 0.3) is 0 Å². The third kappa shape index (κ3) is 3.43. The summed E-state index contributed by atoms with van der Waals surface area (Å²) in [6, 6.07) is 15.1. The number of aliphatic carboxylic acids is 1. The maximum Gasteiger partial charge on any atom is 0.347 e. The van der Waals surface area contributed by atoms with Gasteiger partial charge in [-0.25, -0.2) is 4.79 Å². The highest BCUT2D eigenvalue weighted by atomic mass is 35.5. The molecular formula is C16H9Cl2NO2. The predicted octanol–water partition coefficient (Wildman–Crippen LogP) is 4.40. The van der Waals surface area contributed by atoms with Gasteiger partial charge in [0, 0.05) is 15.6 Å². The monoisotopic (exact) mass is 317 g/mol. The molecule has 0 fully saturated rings. The predicted molar refractivity (Wildman–Crippen MR) is 82.2 cm³/mol. The van der Waals surface area contributed by atoms with Crippen molar-refractivity contribution in [3.8, 4) is 6.07 Å². The molecule has 1 N–H and O–H groups in total. The van der Waals surface area contributed by atoms with Crippen LogP contribution >= 0.6 is 23.2 Å². The lowest BCUT2D eigenvalue weighted by Crippen LogP contribution is -2.04. The Morgan fingerprint density at radius 2 is 1.48 bits per heavy atom. The first-order chi connectivity index (χ1) is 10.0. The summed E-state index contributed by atoms with van der Waals surface area (Å²) in [6.45, 7) is 0. The van der Waals surface area contributed by atoms with Crippen LogP contribution in [0.4, 0.5) is 0 Å². The lowest BCUT2D eigenvalue weighted by molar-refractivity contribution is -0.132. The number of carboxylic acids is 1. The van der Waals surface area contributed by atoms with Gasteiger partial charge in [0.15, 0.2) is 0 Å². The molecule has 0 unspecified atom stereocenters. The molecule has 104 valence electrons. The second kappa shape index (κ2) is 6.45. The summed E-state index contributed by atoms with van der Waals surface area (Å²) in [5.41, 5.74) is 1.02. The molecule has 0 aromatic heterocycles. The third-order valence-corrected chi connectivity index (χ3v) is 3.27. The first kappa shape index (κ1) is 15.1. The minimum absolute atomic E-state index is 0.287. The number of rotatable bonds is 3. The Morgan fingerprint density at radius 3 is 1.81 bits per heavy atom. The van der Waals surface area contributed by atoms with Gasteiger partial charge in [0.05, 0.1) is 0 Å². The summed E-state index contributed by atoms with van der Waals surface area (Å²) in [7, 11) is 0. The molecule has 0 saturated carbocycles. The van der Waals surface area contributed by atoms with E-state index >= 15 is 0 Å². The molecule has 0 radical (unpaired) electrons. The van der Waals surface area contributed by atoms with Gasteiger partial charge in [-0.2, -0.15) is 5.26 Å². The molecule has 0 aliphatic rings. The second-order valence-corrected chi connectivity index (χ2v) is 5.06. The van der Waals surface area contributed by atoms with E-state index in [-0.39, 0.29) is 11.1 Å². The van der Waals surface area contributed by atoms with E-state index in [4.69, 9.17) is 23.2 Å². The van der Waals surface area contributed by atoms with Crippen molar-refractivity contribution in [2.24, 2.45) is 0 Å². The van der Waals surface area contributed by atoms with Gasteiger partial charge in [-0.15, -0.1) is 0 Å². The topological polar surface area (TPSA) is 61.1 Å². The maximum absolute atomic E-state index is 11.3. The van der Waals surface area contributed by atoms with Crippen molar-refractivity contribution < 1.29 is 9.90 Å². The summed E-state index contributed by atoms with van der Waals surface area (Å²) >= 11 is 11.9. The van der Waals surface area contributed by atoms with Crippen molar-refractivity contribution in [3.05, 3.63) is 75.3 Å². The Kier molecular flexibility index (Phi) is 4.64. The highest BCUT2D eigenvalue weighted by molar-refractivity contribution is 6.31. The molecule has 0 saturated heterocycles. The Balaban J connectivity index is 2.78. The smallest absolute Gasteiger partial charge is 0.347 e. The van der Waals surface area contributed by atoms with Gasteiger partial charge < -0.3 is 5.11 Å². The normalized spacial score (nSPS) is 9.76. The SMILES string of the molecule is N#CC(C(=O)O)=C(c1cccc(Cl)c1)c1cccc(Cl)c1. The zero-order chi connectivity index (χ0) is 15.4. The van der Waals surface area contributed by atoms with E-state index in [1.54, 1.807) is 54.6 Å². The molecular weight excluding hydrogens is 309 g/mol. The average molecular weight is 318 g/mol. The number of carbonyl (C=O) groups is 1. The van der Waals surface area contributed by atoms with E-state index in [0.29, 0.717) is 21.2 Å². The summed E-state index contributed by atoms with van der Waals surface area (Å²) in [5, 5.41) is 19.3. The van der Waals surface area contributed by atoms with Crippen molar-refractivity contribution in [2.75, 3.05) is 0 Å². The molecule has 0 amide bonds. The van der Waals surface area contributed by atoms with E-state index in [1.807, 2.05) is 0 Å². The van der Waals surface area contributed by atoms with E-state index in [9.17, 15) is 15.2 Å². The maximum atomic E-state index is 11.3. The molecule has 5 heteroatoms. The molecule has 0 bridgehead atoms. The number of halogens is 2. The Hall–Kier alpha value is -2.28. The van der Waals surface area contributed by atoms with Crippen molar-refractivity contribution in [3.63, 3.8) is 0 Å². The zero-order valence-electron chi connectivity index (χ0n) is 10.7. The lowest BCUT2D eigenvalue weighted by atomic mass is 9.93. The van der Waals surface area contributed by atoms with Gasteiger partial charge in [0.1, 0.15) is 11.6 Å². The molecule has 2 rings (SSSR count). The summed E-state index contributed by atoms with van der Waals surface area (Å²) in [5.74, 6) is -1.30. The fourth-order valence-corrected chi connectivity index (χ4v) is 2.33. The van der Waals surface area contributed by atoms with Crippen LogP contribution in [0.3, 0.4) is 0 Å². The molecule has 0 aliphatic carbocycles. The van der Waals surface area contributed by atoms with Crippen LogP contribution in [0.1, 0.15) is 11.1 Å². The van der Waals surface area contributed by atoms with Crippen molar-refractivity contribution >= 4 is 34.7 Å². The largest absolute Gasteiger partial charge is 0.477 e. The van der Waals surface area contributed by atoms with Crippen LogP contribution in [0.5, 0.6) is 0 Å². The summed E-state index contributed by atoms with van der Waals surface area (Å²) < 4.78 is 0. The fraction of sp³-hybridized carbons (Fsp3) is 0. The van der Waals surface area contributed by atoms with Crippen LogP contribution in [0.2, 0.25) is 10.0 Å². The van der Waals surface area contributed by atoms with Gasteiger partial charge in [-0.1, -0.05) is 47.5 Å². The van der Waals surface area contributed by atoms with E-state index in [2.05, 4.69) is 0 Å². The van der Waals surface area contributed by atoms with Crippen LogP contribution in [0.15, 0.2) is 54.1 Å². The molecule has 0 heterocycles. The molecule has 2 aromatic rings. The number of nitrogens with zero attached hydrogens (tertiary/aromatic N) is 1. The van der Waals surface area contributed by atoms with Gasteiger partial charge in [-0.3, -0.25) is 0 Å². The fourth-order valence-electron chi connectivity index (χ4n) is 1.95. The first-order valence-electron chi connectivity index (χ1n) is 5.92. The van der Waals surface area contributed by atoms with E-state index < -0.39 is 5.97 Å².